The molecule has 13 heavy (non-hydrogen) atoms. The number of ether oxygens (including phenoxy) is 1. The number of benzene rings is 1. The molecule has 1 aromatic rings. The van der Waals surface area contributed by atoms with Crippen LogP contribution in [0.2, 0.25) is 0 Å². The second-order valence-electron chi connectivity index (χ2n) is 3.14. The molecule has 1 aliphatic rings. The van der Waals surface area contributed by atoms with E-state index in [2.05, 4.69) is 0 Å². The van der Waals surface area contributed by atoms with Gasteiger partial charge in [0.25, 0.3) is 0 Å². The van der Waals surface area contributed by atoms with Crippen LogP contribution in [0, 0.1) is 0 Å². The quantitative estimate of drug-likeness (QED) is 0.659. The Hall–Kier alpha value is -0.900. The molecule has 1 aromatic carbocycles. The number of rotatable bonds is 3. The van der Waals surface area contributed by atoms with Gasteiger partial charge in [-0.1, -0.05) is 30.3 Å². The van der Waals surface area contributed by atoms with E-state index in [0.717, 1.165) is 5.56 Å². The molecule has 0 N–H and O–H groups in total. The van der Waals surface area contributed by atoms with Gasteiger partial charge >= 0.3 is 0 Å². The molecule has 1 fully saturated rings. The first-order valence-electron chi connectivity index (χ1n) is 4.22. The summed E-state index contributed by atoms with van der Waals surface area (Å²) in [6.45, 7) is 1.09. The summed E-state index contributed by atoms with van der Waals surface area (Å²) >= 11 is 0. The van der Waals surface area contributed by atoms with Crippen LogP contribution in [0.25, 0.3) is 0 Å². The first-order chi connectivity index (χ1) is 6.37. The van der Waals surface area contributed by atoms with E-state index in [1.807, 2.05) is 30.3 Å². The normalized spacial score (nSPS) is 26.8. The van der Waals surface area contributed by atoms with Crippen LogP contribution >= 0.6 is 0 Å². The van der Waals surface area contributed by atoms with Crippen LogP contribution in [0.15, 0.2) is 30.3 Å². The Balaban J connectivity index is 2.22. The molecule has 0 aromatic heterocycles. The highest BCUT2D eigenvalue weighted by Gasteiger charge is 2.43. The van der Waals surface area contributed by atoms with E-state index < -0.39 is 0 Å². The van der Waals surface area contributed by atoms with Crippen molar-refractivity contribution in [3.8, 4) is 0 Å². The van der Waals surface area contributed by atoms with Crippen molar-refractivity contribution in [2.75, 3.05) is 20.3 Å². The fraction of sp³-hybridized carbons (Fsp3) is 0.400. The van der Waals surface area contributed by atoms with Gasteiger partial charge in [0.1, 0.15) is 6.61 Å². The third-order valence-corrected chi connectivity index (χ3v) is 2.19. The molecule has 0 amide bonds. The zero-order chi connectivity index (χ0) is 9.15. The Morgan fingerprint density at radius 2 is 2.08 bits per heavy atom. The first kappa shape index (κ1) is 8.69. The molecule has 0 radical (unpaired) electrons. The summed E-state index contributed by atoms with van der Waals surface area (Å²) < 4.78 is 5.10. The van der Waals surface area contributed by atoms with Crippen LogP contribution < -0.4 is 0 Å². The lowest BCUT2D eigenvalue weighted by atomic mass is 9.95. The SMILES string of the molecule is COCC1(c2ccccc2)COO1. The van der Waals surface area contributed by atoms with E-state index in [1.165, 1.54) is 0 Å². The maximum atomic E-state index is 5.12. The lowest BCUT2D eigenvalue weighted by Crippen LogP contribution is -2.48. The summed E-state index contributed by atoms with van der Waals surface area (Å²) in [5.74, 6) is 0. The summed E-state index contributed by atoms with van der Waals surface area (Å²) in [6, 6.07) is 9.97. The maximum Gasteiger partial charge on any atom is 0.178 e. The minimum absolute atomic E-state index is 0.379. The topological polar surface area (TPSA) is 27.7 Å². The van der Waals surface area contributed by atoms with E-state index in [0.29, 0.717) is 13.2 Å². The van der Waals surface area contributed by atoms with Crippen molar-refractivity contribution in [2.45, 2.75) is 5.60 Å². The summed E-state index contributed by atoms with van der Waals surface area (Å²) in [5.41, 5.74) is 0.721. The highest BCUT2D eigenvalue weighted by molar-refractivity contribution is 5.23. The Kier molecular flexibility index (Phi) is 2.31. The second-order valence-corrected chi connectivity index (χ2v) is 3.14. The smallest absolute Gasteiger partial charge is 0.178 e. The average molecular weight is 180 g/mol. The van der Waals surface area contributed by atoms with Gasteiger partial charge < -0.3 is 4.74 Å². The van der Waals surface area contributed by atoms with Crippen LogP contribution in [0.4, 0.5) is 0 Å². The molecule has 0 saturated carbocycles. The summed E-state index contributed by atoms with van der Waals surface area (Å²) in [4.78, 5) is 9.89. The van der Waals surface area contributed by atoms with E-state index in [4.69, 9.17) is 14.5 Å². The van der Waals surface area contributed by atoms with Crippen LogP contribution in [0.3, 0.4) is 0 Å². The molecular weight excluding hydrogens is 168 g/mol. The van der Waals surface area contributed by atoms with E-state index >= 15 is 0 Å². The minimum Gasteiger partial charge on any atom is -0.381 e. The monoisotopic (exact) mass is 180 g/mol. The molecule has 1 aliphatic heterocycles. The Morgan fingerprint density at radius 3 is 2.54 bits per heavy atom. The lowest BCUT2D eigenvalue weighted by molar-refractivity contribution is -0.484. The third kappa shape index (κ3) is 1.46. The highest BCUT2D eigenvalue weighted by Crippen LogP contribution is 2.33. The van der Waals surface area contributed by atoms with Crippen LogP contribution in [-0.2, 0) is 20.1 Å². The zero-order valence-corrected chi connectivity index (χ0v) is 7.53. The highest BCUT2D eigenvalue weighted by atomic mass is 17.2. The van der Waals surface area contributed by atoms with Crippen molar-refractivity contribution in [1.82, 2.24) is 0 Å². The molecule has 0 spiro atoms. The van der Waals surface area contributed by atoms with Crippen molar-refractivity contribution in [2.24, 2.45) is 0 Å². The average Bonchev–Trinajstić information content (AvgIpc) is 2.13. The number of hydrogen-bond acceptors (Lipinski definition) is 3. The van der Waals surface area contributed by atoms with E-state index in [9.17, 15) is 0 Å². The minimum atomic E-state index is -0.379. The number of methoxy groups -OCH3 is 1. The zero-order valence-electron chi connectivity index (χ0n) is 7.53. The molecule has 3 heteroatoms. The largest absolute Gasteiger partial charge is 0.381 e. The van der Waals surface area contributed by atoms with E-state index in [-0.39, 0.29) is 5.60 Å². The fourth-order valence-electron chi connectivity index (χ4n) is 1.46. The maximum absolute atomic E-state index is 5.12. The second kappa shape index (κ2) is 3.46. The summed E-state index contributed by atoms with van der Waals surface area (Å²) in [6.07, 6.45) is 0. The lowest BCUT2D eigenvalue weighted by Gasteiger charge is -2.39. The molecule has 1 saturated heterocycles. The van der Waals surface area contributed by atoms with Crippen molar-refractivity contribution >= 4 is 0 Å². The summed E-state index contributed by atoms with van der Waals surface area (Å²) in [5, 5.41) is 0. The van der Waals surface area contributed by atoms with E-state index in [1.54, 1.807) is 7.11 Å². The summed E-state index contributed by atoms with van der Waals surface area (Å²) in [7, 11) is 1.66. The van der Waals surface area contributed by atoms with Crippen molar-refractivity contribution < 1.29 is 14.5 Å². The van der Waals surface area contributed by atoms with Gasteiger partial charge in [0, 0.05) is 7.11 Å². The molecule has 2 rings (SSSR count). The first-order valence-corrected chi connectivity index (χ1v) is 4.22. The van der Waals surface area contributed by atoms with Gasteiger partial charge in [-0.2, -0.15) is 0 Å². The molecule has 1 atom stereocenters. The van der Waals surface area contributed by atoms with Crippen molar-refractivity contribution in [3.05, 3.63) is 35.9 Å². The van der Waals surface area contributed by atoms with Gasteiger partial charge in [0.2, 0.25) is 0 Å². The molecule has 70 valence electrons. The molecule has 3 nitrogen and oxygen atoms in total. The predicted octanol–water partition coefficient (Wildman–Crippen LogP) is 1.49. The van der Waals surface area contributed by atoms with Gasteiger partial charge in [0.15, 0.2) is 5.60 Å². The predicted molar refractivity (Wildman–Crippen MR) is 47.0 cm³/mol. The molecule has 0 aliphatic carbocycles. The van der Waals surface area contributed by atoms with Crippen LogP contribution in [0.5, 0.6) is 0 Å². The van der Waals surface area contributed by atoms with Gasteiger partial charge in [-0.05, 0) is 5.56 Å². The molecule has 1 heterocycles. The van der Waals surface area contributed by atoms with Crippen molar-refractivity contribution in [3.63, 3.8) is 0 Å². The van der Waals surface area contributed by atoms with Crippen LogP contribution in [0.1, 0.15) is 5.56 Å². The Labute approximate surface area is 77.2 Å². The third-order valence-electron chi connectivity index (χ3n) is 2.19. The molecule has 1 unspecified atom stereocenters. The van der Waals surface area contributed by atoms with Gasteiger partial charge in [-0.25, -0.2) is 9.78 Å². The Morgan fingerprint density at radius 1 is 1.38 bits per heavy atom. The van der Waals surface area contributed by atoms with Crippen molar-refractivity contribution in [1.29, 1.82) is 0 Å². The van der Waals surface area contributed by atoms with Gasteiger partial charge in [-0.3, -0.25) is 0 Å². The fourth-order valence-corrected chi connectivity index (χ4v) is 1.46. The van der Waals surface area contributed by atoms with Crippen LogP contribution in [-0.4, -0.2) is 20.3 Å². The Bertz CT molecular complexity index is 267. The van der Waals surface area contributed by atoms with Gasteiger partial charge in [-0.15, -0.1) is 0 Å². The number of hydrogen-bond donors (Lipinski definition) is 0. The van der Waals surface area contributed by atoms with Gasteiger partial charge in [0.05, 0.1) is 6.61 Å². The molecule has 0 bridgehead atoms. The standard InChI is InChI=1S/C10H12O3/c1-11-7-10(8-12-13-10)9-5-3-2-4-6-9/h2-6H,7-8H2,1H3. The molecular formula is C10H12O3.